The molecule has 0 spiro atoms. The van der Waals surface area contributed by atoms with E-state index in [1.807, 2.05) is 26.0 Å². The molecular weight excluding hydrogens is 330 g/mol. The first-order valence-corrected chi connectivity index (χ1v) is 8.77. The van der Waals surface area contributed by atoms with Crippen molar-refractivity contribution in [2.75, 3.05) is 0 Å². The quantitative estimate of drug-likeness (QED) is 0.861. The fourth-order valence-electron chi connectivity index (χ4n) is 2.77. The van der Waals surface area contributed by atoms with Gasteiger partial charge < -0.3 is 5.32 Å². The van der Waals surface area contributed by atoms with Crippen molar-refractivity contribution in [3.05, 3.63) is 68.5 Å². The van der Waals surface area contributed by atoms with Crippen LogP contribution in [0.4, 0.5) is 0 Å². The first kappa shape index (κ1) is 19.7. The molecule has 26 heavy (non-hydrogen) atoms. The highest BCUT2D eigenvalue weighted by molar-refractivity contribution is 5.76. The minimum atomic E-state index is -0.594. The lowest BCUT2D eigenvalue weighted by molar-refractivity contribution is -0.122. The average molecular weight is 357 g/mol. The zero-order valence-corrected chi connectivity index (χ0v) is 16.0. The van der Waals surface area contributed by atoms with Crippen LogP contribution in [0.25, 0.3) is 0 Å². The van der Waals surface area contributed by atoms with E-state index in [-0.39, 0.29) is 29.8 Å². The molecule has 6 nitrogen and oxygen atoms in total. The van der Waals surface area contributed by atoms with Crippen LogP contribution in [0.1, 0.15) is 51.8 Å². The second-order valence-corrected chi connectivity index (χ2v) is 7.90. The van der Waals surface area contributed by atoms with Crippen LogP contribution >= 0.6 is 0 Å². The standard InChI is InChI=1S/C20H27N3O3/c1-13(2)18(14-6-8-15(9-7-14)20(3,4)5)21-17(25)12-23-11-10-16(24)22-19(23)26/h6-11,13,18H,12H2,1-5H3,(H,21,25)(H,22,24,26)/t18-/m1/s1. The Bertz CT molecular complexity index is 871. The number of H-pyrrole nitrogens is 1. The summed E-state index contributed by atoms with van der Waals surface area (Å²) in [5.74, 6) is -0.0931. The molecule has 2 rings (SSSR count). The van der Waals surface area contributed by atoms with Crippen LogP contribution in [0.2, 0.25) is 0 Å². The smallest absolute Gasteiger partial charge is 0.328 e. The van der Waals surface area contributed by atoms with Gasteiger partial charge in [-0.15, -0.1) is 0 Å². The van der Waals surface area contributed by atoms with Gasteiger partial charge in [-0.1, -0.05) is 58.9 Å². The van der Waals surface area contributed by atoms with E-state index in [4.69, 9.17) is 0 Å². The zero-order valence-electron chi connectivity index (χ0n) is 16.0. The molecule has 0 saturated heterocycles. The molecule has 1 atom stereocenters. The molecule has 0 saturated carbocycles. The van der Waals surface area contributed by atoms with Crippen LogP contribution in [-0.4, -0.2) is 15.5 Å². The van der Waals surface area contributed by atoms with E-state index in [1.165, 1.54) is 22.4 Å². The number of hydrogen-bond acceptors (Lipinski definition) is 3. The van der Waals surface area contributed by atoms with Gasteiger partial charge in [0.2, 0.25) is 5.91 Å². The lowest BCUT2D eigenvalue weighted by Gasteiger charge is -2.25. The first-order chi connectivity index (χ1) is 12.1. The van der Waals surface area contributed by atoms with Gasteiger partial charge in [-0.25, -0.2) is 4.79 Å². The molecule has 0 fully saturated rings. The maximum Gasteiger partial charge on any atom is 0.328 e. The van der Waals surface area contributed by atoms with E-state index in [0.717, 1.165) is 5.56 Å². The Balaban J connectivity index is 2.16. The number of aromatic amines is 1. The first-order valence-electron chi connectivity index (χ1n) is 8.77. The molecule has 0 aliphatic rings. The van der Waals surface area contributed by atoms with Gasteiger partial charge in [0.25, 0.3) is 5.56 Å². The molecule has 1 aromatic heterocycles. The number of carbonyl (C=O) groups is 1. The molecule has 1 amide bonds. The Morgan fingerprint density at radius 2 is 1.73 bits per heavy atom. The summed E-state index contributed by atoms with van der Waals surface area (Å²) >= 11 is 0. The van der Waals surface area contributed by atoms with Crippen LogP contribution in [0.5, 0.6) is 0 Å². The second-order valence-electron chi connectivity index (χ2n) is 7.90. The Kier molecular flexibility index (Phi) is 5.85. The number of amides is 1. The minimum Gasteiger partial charge on any atom is -0.347 e. The van der Waals surface area contributed by atoms with E-state index in [9.17, 15) is 14.4 Å². The molecule has 0 unspecified atom stereocenters. The predicted octanol–water partition coefficient (Wildman–Crippen LogP) is 2.35. The molecule has 0 aliphatic heterocycles. The number of nitrogens with zero attached hydrogens (tertiary/aromatic N) is 1. The van der Waals surface area contributed by atoms with Gasteiger partial charge in [0.1, 0.15) is 6.54 Å². The normalized spacial score (nSPS) is 12.8. The molecule has 1 aromatic carbocycles. The second kappa shape index (κ2) is 7.72. The highest BCUT2D eigenvalue weighted by Crippen LogP contribution is 2.26. The van der Waals surface area contributed by atoms with E-state index >= 15 is 0 Å². The number of benzene rings is 1. The Labute approximate surface area is 153 Å². The van der Waals surface area contributed by atoms with Gasteiger partial charge in [-0.2, -0.15) is 0 Å². The summed E-state index contributed by atoms with van der Waals surface area (Å²) in [6.45, 7) is 10.4. The topological polar surface area (TPSA) is 84.0 Å². The van der Waals surface area contributed by atoms with Crippen molar-refractivity contribution in [2.45, 2.75) is 52.6 Å². The SMILES string of the molecule is CC(C)[C@@H](NC(=O)Cn1ccc(=O)[nH]c1=O)c1ccc(C(C)(C)C)cc1. The van der Waals surface area contributed by atoms with Gasteiger partial charge in [-0.05, 0) is 22.5 Å². The summed E-state index contributed by atoms with van der Waals surface area (Å²) in [7, 11) is 0. The van der Waals surface area contributed by atoms with Crippen molar-refractivity contribution in [3.8, 4) is 0 Å². The molecule has 1 heterocycles. The Morgan fingerprint density at radius 1 is 1.12 bits per heavy atom. The van der Waals surface area contributed by atoms with Crippen molar-refractivity contribution < 1.29 is 4.79 Å². The largest absolute Gasteiger partial charge is 0.347 e. The minimum absolute atomic E-state index is 0.0699. The number of carbonyl (C=O) groups excluding carboxylic acids is 1. The number of hydrogen-bond donors (Lipinski definition) is 2. The summed E-state index contributed by atoms with van der Waals surface area (Å²) in [6.07, 6.45) is 1.32. The summed E-state index contributed by atoms with van der Waals surface area (Å²) < 4.78 is 1.18. The van der Waals surface area contributed by atoms with Gasteiger partial charge in [-0.3, -0.25) is 19.1 Å². The van der Waals surface area contributed by atoms with Crippen molar-refractivity contribution in [3.63, 3.8) is 0 Å². The zero-order chi connectivity index (χ0) is 19.5. The third-order valence-electron chi connectivity index (χ3n) is 4.33. The molecule has 6 heteroatoms. The van der Waals surface area contributed by atoms with Crippen molar-refractivity contribution in [1.29, 1.82) is 0 Å². The molecule has 0 bridgehead atoms. The third-order valence-corrected chi connectivity index (χ3v) is 4.33. The fraction of sp³-hybridized carbons (Fsp3) is 0.450. The molecule has 2 N–H and O–H groups in total. The molecule has 0 aliphatic carbocycles. The van der Waals surface area contributed by atoms with Gasteiger partial charge >= 0.3 is 5.69 Å². The Hall–Kier alpha value is -2.63. The number of aromatic nitrogens is 2. The van der Waals surface area contributed by atoms with Gasteiger partial charge in [0.15, 0.2) is 0 Å². The molecule has 140 valence electrons. The monoisotopic (exact) mass is 357 g/mol. The lowest BCUT2D eigenvalue weighted by Crippen LogP contribution is -2.38. The highest BCUT2D eigenvalue weighted by atomic mass is 16.2. The summed E-state index contributed by atoms with van der Waals surface area (Å²) in [6, 6.07) is 9.32. The van der Waals surface area contributed by atoms with Crippen LogP contribution < -0.4 is 16.6 Å². The van der Waals surface area contributed by atoms with Crippen LogP contribution in [0, 0.1) is 5.92 Å². The van der Waals surface area contributed by atoms with Crippen LogP contribution in [0.15, 0.2) is 46.1 Å². The predicted molar refractivity (Wildman–Crippen MR) is 102 cm³/mol. The third kappa shape index (κ3) is 4.94. The van der Waals surface area contributed by atoms with Gasteiger partial charge in [0.05, 0.1) is 6.04 Å². The summed E-state index contributed by atoms with van der Waals surface area (Å²) in [5.41, 5.74) is 1.25. The molecule has 2 aromatic rings. The van der Waals surface area contributed by atoms with E-state index in [1.54, 1.807) is 0 Å². The van der Waals surface area contributed by atoms with Crippen molar-refractivity contribution in [2.24, 2.45) is 5.92 Å². The van der Waals surface area contributed by atoms with Crippen LogP contribution in [0.3, 0.4) is 0 Å². The van der Waals surface area contributed by atoms with E-state index in [2.05, 4.69) is 43.2 Å². The average Bonchev–Trinajstić information content (AvgIpc) is 2.54. The maximum absolute atomic E-state index is 12.4. The maximum atomic E-state index is 12.4. The highest BCUT2D eigenvalue weighted by Gasteiger charge is 2.20. The van der Waals surface area contributed by atoms with Crippen LogP contribution in [-0.2, 0) is 16.8 Å². The lowest BCUT2D eigenvalue weighted by atomic mass is 9.85. The fourth-order valence-corrected chi connectivity index (χ4v) is 2.77. The summed E-state index contributed by atoms with van der Waals surface area (Å²) in [4.78, 5) is 37.4. The van der Waals surface area contributed by atoms with Crippen molar-refractivity contribution in [1.82, 2.24) is 14.9 Å². The van der Waals surface area contributed by atoms with Gasteiger partial charge in [0, 0.05) is 12.3 Å². The molecule has 0 radical (unpaired) electrons. The van der Waals surface area contributed by atoms with Crippen molar-refractivity contribution >= 4 is 5.91 Å². The van der Waals surface area contributed by atoms with E-state index < -0.39 is 11.2 Å². The Morgan fingerprint density at radius 3 is 2.23 bits per heavy atom. The molecular formula is C20H27N3O3. The van der Waals surface area contributed by atoms with E-state index in [0.29, 0.717) is 0 Å². The summed E-state index contributed by atoms with van der Waals surface area (Å²) in [5, 5.41) is 2.99. The number of nitrogens with one attached hydrogen (secondary N) is 2. The number of rotatable bonds is 5.